The fourth-order valence-corrected chi connectivity index (χ4v) is 3.06. The van der Waals surface area contributed by atoms with Gasteiger partial charge < -0.3 is 10.4 Å². The molecule has 2 heterocycles. The van der Waals surface area contributed by atoms with Gasteiger partial charge in [-0.15, -0.1) is 23.1 Å². The van der Waals surface area contributed by atoms with Crippen molar-refractivity contribution in [3.8, 4) is 0 Å². The summed E-state index contributed by atoms with van der Waals surface area (Å²) in [7, 11) is 0. The molecule has 1 amide bonds. The normalized spacial score (nSPS) is 12.6. The molecule has 20 heavy (non-hydrogen) atoms. The summed E-state index contributed by atoms with van der Waals surface area (Å²) in [6.07, 6.45) is 3.96. The third-order valence-electron chi connectivity index (χ3n) is 2.90. The SMILES string of the molecule is CCC(CO)NC(=O)c1c(SC)nc2sccn2c1=O. The molecule has 2 aromatic heterocycles. The van der Waals surface area contributed by atoms with Crippen LogP contribution in [0.3, 0.4) is 0 Å². The molecule has 0 saturated heterocycles. The Morgan fingerprint density at radius 3 is 3.00 bits per heavy atom. The van der Waals surface area contributed by atoms with Crippen molar-refractivity contribution >= 4 is 34.0 Å². The minimum absolute atomic E-state index is 0.0281. The van der Waals surface area contributed by atoms with Crippen LogP contribution in [0, 0.1) is 0 Å². The van der Waals surface area contributed by atoms with Crippen molar-refractivity contribution in [2.75, 3.05) is 12.9 Å². The van der Waals surface area contributed by atoms with Gasteiger partial charge in [-0.2, -0.15) is 0 Å². The lowest BCUT2D eigenvalue weighted by molar-refractivity contribution is 0.0909. The van der Waals surface area contributed by atoms with Crippen LogP contribution in [0.2, 0.25) is 0 Å². The van der Waals surface area contributed by atoms with Crippen molar-refractivity contribution in [3.05, 3.63) is 27.5 Å². The number of aliphatic hydroxyl groups is 1. The van der Waals surface area contributed by atoms with Crippen LogP contribution in [-0.4, -0.2) is 39.3 Å². The molecule has 2 rings (SSSR count). The number of thiazole rings is 1. The van der Waals surface area contributed by atoms with Gasteiger partial charge in [0, 0.05) is 11.6 Å². The number of aliphatic hydroxyl groups excluding tert-OH is 1. The van der Waals surface area contributed by atoms with E-state index in [9.17, 15) is 9.59 Å². The van der Waals surface area contributed by atoms with Crippen LogP contribution in [0.25, 0.3) is 4.96 Å². The highest BCUT2D eigenvalue weighted by Crippen LogP contribution is 2.18. The van der Waals surface area contributed by atoms with Crippen molar-refractivity contribution in [3.63, 3.8) is 0 Å². The molecule has 0 fully saturated rings. The van der Waals surface area contributed by atoms with Crippen LogP contribution in [0.5, 0.6) is 0 Å². The molecule has 0 saturated carbocycles. The van der Waals surface area contributed by atoms with Gasteiger partial charge in [-0.25, -0.2) is 4.98 Å². The molecular weight excluding hydrogens is 298 g/mol. The van der Waals surface area contributed by atoms with Crippen LogP contribution >= 0.6 is 23.1 Å². The van der Waals surface area contributed by atoms with Crippen LogP contribution in [0.1, 0.15) is 23.7 Å². The van der Waals surface area contributed by atoms with E-state index in [2.05, 4.69) is 10.3 Å². The molecule has 0 radical (unpaired) electrons. The van der Waals surface area contributed by atoms with Crippen molar-refractivity contribution < 1.29 is 9.90 Å². The fourth-order valence-electron chi connectivity index (χ4n) is 1.74. The number of carbonyl (C=O) groups excluding carboxylic acids is 1. The Morgan fingerprint density at radius 2 is 2.40 bits per heavy atom. The van der Waals surface area contributed by atoms with Gasteiger partial charge in [0.15, 0.2) is 4.96 Å². The molecule has 0 aliphatic rings. The van der Waals surface area contributed by atoms with E-state index in [1.54, 1.807) is 17.8 Å². The van der Waals surface area contributed by atoms with Gasteiger partial charge in [-0.1, -0.05) is 6.92 Å². The highest BCUT2D eigenvalue weighted by atomic mass is 32.2. The van der Waals surface area contributed by atoms with Gasteiger partial charge in [0.05, 0.1) is 12.6 Å². The van der Waals surface area contributed by atoms with Gasteiger partial charge in [0.2, 0.25) is 0 Å². The summed E-state index contributed by atoms with van der Waals surface area (Å²) in [6.45, 7) is 1.69. The molecular formula is C12H15N3O3S2. The van der Waals surface area contributed by atoms with Crippen molar-refractivity contribution in [1.29, 1.82) is 0 Å². The van der Waals surface area contributed by atoms with Crippen LogP contribution in [0.4, 0.5) is 0 Å². The molecule has 2 aromatic rings. The second-order valence-corrected chi connectivity index (χ2v) is 5.79. The molecule has 1 atom stereocenters. The number of nitrogens with zero attached hydrogens (tertiary/aromatic N) is 2. The molecule has 6 nitrogen and oxygen atoms in total. The number of amides is 1. The van der Waals surface area contributed by atoms with E-state index in [0.717, 1.165) is 0 Å². The minimum Gasteiger partial charge on any atom is -0.394 e. The zero-order chi connectivity index (χ0) is 14.7. The summed E-state index contributed by atoms with van der Waals surface area (Å²) in [5.41, 5.74) is -0.355. The van der Waals surface area contributed by atoms with Gasteiger partial charge in [0.1, 0.15) is 10.6 Å². The van der Waals surface area contributed by atoms with Crippen LogP contribution in [0.15, 0.2) is 21.4 Å². The summed E-state index contributed by atoms with van der Waals surface area (Å²) < 4.78 is 1.36. The third-order valence-corrected chi connectivity index (χ3v) is 4.34. The highest BCUT2D eigenvalue weighted by Gasteiger charge is 2.21. The number of rotatable bonds is 5. The molecule has 0 spiro atoms. The lowest BCUT2D eigenvalue weighted by atomic mass is 10.2. The molecule has 0 aromatic carbocycles. The summed E-state index contributed by atoms with van der Waals surface area (Å²) in [4.78, 5) is 29.5. The Labute approximate surface area is 123 Å². The number of nitrogens with one attached hydrogen (secondary N) is 1. The quantitative estimate of drug-likeness (QED) is 0.635. The summed E-state index contributed by atoms with van der Waals surface area (Å²) in [5.74, 6) is -0.492. The molecule has 1 unspecified atom stereocenters. The van der Waals surface area contributed by atoms with Crippen LogP contribution in [-0.2, 0) is 0 Å². The average molecular weight is 313 g/mol. The van der Waals surface area contributed by atoms with E-state index in [0.29, 0.717) is 16.4 Å². The zero-order valence-electron chi connectivity index (χ0n) is 11.1. The second-order valence-electron chi connectivity index (χ2n) is 4.12. The van der Waals surface area contributed by atoms with Crippen molar-refractivity contribution in [2.24, 2.45) is 0 Å². The molecule has 0 bridgehead atoms. The highest BCUT2D eigenvalue weighted by molar-refractivity contribution is 7.98. The number of thioether (sulfide) groups is 1. The first-order valence-electron chi connectivity index (χ1n) is 6.07. The smallest absolute Gasteiger partial charge is 0.272 e. The first-order chi connectivity index (χ1) is 9.62. The van der Waals surface area contributed by atoms with Gasteiger partial charge in [0.25, 0.3) is 11.5 Å². The number of fused-ring (bicyclic) bond motifs is 1. The largest absolute Gasteiger partial charge is 0.394 e. The van der Waals surface area contributed by atoms with Crippen LogP contribution < -0.4 is 10.9 Å². The first kappa shape index (κ1) is 15.0. The Kier molecular flexibility index (Phi) is 4.79. The first-order valence-corrected chi connectivity index (χ1v) is 8.18. The minimum atomic E-state index is -0.492. The van der Waals surface area contributed by atoms with Gasteiger partial charge in [-0.05, 0) is 12.7 Å². The maximum absolute atomic E-state index is 12.4. The number of hydrogen-bond donors (Lipinski definition) is 2. The fraction of sp³-hybridized carbons (Fsp3) is 0.417. The third kappa shape index (κ3) is 2.72. The Hall–Kier alpha value is -1.38. The summed E-state index contributed by atoms with van der Waals surface area (Å²) in [5, 5.41) is 13.9. The van der Waals surface area contributed by atoms with E-state index in [-0.39, 0.29) is 23.8 Å². The number of hydrogen-bond acceptors (Lipinski definition) is 6. The molecule has 0 aliphatic heterocycles. The van der Waals surface area contributed by atoms with Gasteiger partial charge >= 0.3 is 0 Å². The maximum atomic E-state index is 12.4. The van der Waals surface area contributed by atoms with Crippen molar-refractivity contribution in [1.82, 2.24) is 14.7 Å². The number of carbonyl (C=O) groups is 1. The molecule has 0 aliphatic carbocycles. The predicted molar refractivity (Wildman–Crippen MR) is 79.8 cm³/mol. The Balaban J connectivity index is 2.49. The van der Waals surface area contributed by atoms with E-state index in [1.807, 2.05) is 6.92 Å². The maximum Gasteiger partial charge on any atom is 0.272 e. The zero-order valence-corrected chi connectivity index (χ0v) is 12.8. The lowest BCUT2D eigenvalue weighted by Crippen LogP contribution is -2.40. The number of aromatic nitrogens is 2. The topological polar surface area (TPSA) is 83.7 Å². The summed E-state index contributed by atoms with van der Waals surface area (Å²) >= 11 is 2.60. The Bertz CT molecular complexity index is 676. The lowest BCUT2D eigenvalue weighted by Gasteiger charge is -2.14. The van der Waals surface area contributed by atoms with E-state index in [4.69, 9.17) is 5.11 Å². The van der Waals surface area contributed by atoms with Gasteiger partial charge in [-0.3, -0.25) is 14.0 Å². The van der Waals surface area contributed by atoms with Crippen molar-refractivity contribution in [2.45, 2.75) is 24.4 Å². The average Bonchev–Trinajstić information content (AvgIpc) is 2.92. The molecule has 2 N–H and O–H groups in total. The monoisotopic (exact) mass is 313 g/mol. The summed E-state index contributed by atoms with van der Waals surface area (Å²) in [6, 6.07) is -0.361. The predicted octanol–water partition coefficient (Wildman–Crippen LogP) is 0.979. The molecule has 108 valence electrons. The van der Waals surface area contributed by atoms with E-state index < -0.39 is 5.91 Å². The van der Waals surface area contributed by atoms with E-state index in [1.165, 1.54) is 27.5 Å². The Morgan fingerprint density at radius 1 is 1.65 bits per heavy atom. The standard InChI is InChI=1S/C12H15N3O3S2/c1-3-7(6-16)13-9(17)8-10(19-2)14-12-15(11(8)18)4-5-20-12/h4-5,7,16H,3,6H2,1-2H3,(H,13,17). The molecule has 8 heteroatoms. The second kappa shape index (κ2) is 6.38. The van der Waals surface area contributed by atoms with E-state index >= 15 is 0 Å².